The Bertz CT molecular complexity index is 1800. The number of nitrogens with zero attached hydrogens (tertiary/aromatic N) is 2. The SMILES string of the molecule is COc1cc(/C=C2\SC(=S)N(CCCOc3ccc(C(=O)O)cc3)C2=O)cc(-c2ccc3[nH]ccc3c2)c1OCCN1CCOCC1. The first-order chi connectivity index (χ1) is 22.9. The van der Waals surface area contributed by atoms with E-state index >= 15 is 0 Å². The fourth-order valence-electron chi connectivity index (χ4n) is 5.49. The monoisotopic (exact) mass is 673 g/mol. The summed E-state index contributed by atoms with van der Waals surface area (Å²) in [6, 6.07) is 18.4. The van der Waals surface area contributed by atoms with E-state index in [1.807, 2.05) is 42.6 Å². The highest BCUT2D eigenvalue weighted by Gasteiger charge is 2.32. The third kappa shape index (κ3) is 7.79. The minimum Gasteiger partial charge on any atom is -0.494 e. The third-order valence-corrected chi connectivity index (χ3v) is 9.36. The molecule has 3 aromatic carbocycles. The molecule has 0 radical (unpaired) electrons. The predicted molar refractivity (Wildman–Crippen MR) is 186 cm³/mol. The molecule has 3 heterocycles. The van der Waals surface area contributed by atoms with E-state index in [-0.39, 0.29) is 11.5 Å². The lowest BCUT2D eigenvalue weighted by Crippen LogP contribution is -2.38. The van der Waals surface area contributed by atoms with Gasteiger partial charge < -0.3 is 29.0 Å². The Hall–Kier alpha value is -4.36. The highest BCUT2D eigenvalue weighted by Crippen LogP contribution is 2.42. The summed E-state index contributed by atoms with van der Waals surface area (Å²) >= 11 is 6.84. The molecule has 2 N–H and O–H groups in total. The van der Waals surface area contributed by atoms with Gasteiger partial charge in [-0.3, -0.25) is 14.6 Å². The van der Waals surface area contributed by atoms with Crippen molar-refractivity contribution in [2.45, 2.75) is 6.42 Å². The van der Waals surface area contributed by atoms with Crippen LogP contribution in [0.3, 0.4) is 0 Å². The van der Waals surface area contributed by atoms with Gasteiger partial charge in [-0.1, -0.05) is 30.0 Å². The van der Waals surface area contributed by atoms with Crippen molar-refractivity contribution in [2.75, 3.05) is 59.7 Å². The molecule has 0 aliphatic carbocycles. The number of hydrogen-bond donors (Lipinski definition) is 2. The Labute approximate surface area is 282 Å². The number of methoxy groups -OCH3 is 1. The first-order valence-corrected chi connectivity index (χ1v) is 16.6. The van der Waals surface area contributed by atoms with Crippen LogP contribution in [0, 0.1) is 0 Å². The Balaban J connectivity index is 1.19. The average molecular weight is 674 g/mol. The van der Waals surface area contributed by atoms with E-state index in [4.69, 9.17) is 36.3 Å². The zero-order valence-corrected chi connectivity index (χ0v) is 27.5. The van der Waals surface area contributed by atoms with E-state index < -0.39 is 5.97 Å². The van der Waals surface area contributed by atoms with E-state index in [1.165, 1.54) is 23.9 Å². The molecule has 0 bridgehead atoms. The molecular weight excluding hydrogens is 639 g/mol. The van der Waals surface area contributed by atoms with Crippen molar-refractivity contribution in [3.8, 4) is 28.4 Å². The van der Waals surface area contributed by atoms with Crippen LogP contribution in [0.4, 0.5) is 0 Å². The van der Waals surface area contributed by atoms with Crippen LogP contribution in [0.15, 0.2) is 71.8 Å². The van der Waals surface area contributed by atoms with Gasteiger partial charge in [-0.05, 0) is 83.6 Å². The van der Waals surface area contributed by atoms with Crippen LogP contribution in [-0.2, 0) is 9.53 Å². The van der Waals surface area contributed by atoms with Crippen LogP contribution in [0.25, 0.3) is 28.1 Å². The quantitative estimate of drug-likeness (QED) is 0.101. The molecule has 0 atom stereocenters. The number of carboxylic acid groups (broad SMARTS) is 1. The molecule has 47 heavy (non-hydrogen) atoms. The number of aromatic amines is 1. The number of amides is 1. The van der Waals surface area contributed by atoms with Gasteiger partial charge in [0, 0.05) is 43.5 Å². The van der Waals surface area contributed by atoms with Crippen LogP contribution >= 0.6 is 24.0 Å². The van der Waals surface area contributed by atoms with Crippen molar-refractivity contribution in [1.29, 1.82) is 0 Å². The number of nitrogens with one attached hydrogen (secondary N) is 1. The highest BCUT2D eigenvalue weighted by molar-refractivity contribution is 8.26. The largest absolute Gasteiger partial charge is 0.494 e. The zero-order valence-electron chi connectivity index (χ0n) is 25.9. The minimum atomic E-state index is -0.990. The summed E-state index contributed by atoms with van der Waals surface area (Å²) in [5.41, 5.74) is 3.86. The molecule has 0 unspecified atom stereocenters. The summed E-state index contributed by atoms with van der Waals surface area (Å²) in [5, 5.41) is 10.1. The molecule has 2 saturated heterocycles. The van der Waals surface area contributed by atoms with Gasteiger partial charge in [-0.2, -0.15) is 0 Å². The molecule has 0 spiro atoms. The van der Waals surface area contributed by atoms with Gasteiger partial charge in [0.1, 0.15) is 16.7 Å². The van der Waals surface area contributed by atoms with E-state index in [2.05, 4.69) is 16.0 Å². The maximum atomic E-state index is 13.5. The van der Waals surface area contributed by atoms with Crippen LogP contribution < -0.4 is 14.2 Å². The number of rotatable bonds is 13. The molecule has 6 rings (SSSR count). The highest BCUT2D eigenvalue weighted by atomic mass is 32.2. The van der Waals surface area contributed by atoms with E-state index in [1.54, 1.807) is 24.1 Å². The second-order valence-electron chi connectivity index (χ2n) is 11.0. The topological polar surface area (TPSA) is 114 Å². The molecule has 2 fully saturated rings. The van der Waals surface area contributed by atoms with Gasteiger partial charge in [-0.25, -0.2) is 4.79 Å². The number of carboxylic acids is 1. The zero-order chi connectivity index (χ0) is 32.8. The number of benzene rings is 3. The van der Waals surface area contributed by atoms with Crippen molar-refractivity contribution in [2.24, 2.45) is 0 Å². The number of carbonyl (C=O) groups excluding carboxylic acids is 1. The summed E-state index contributed by atoms with van der Waals surface area (Å²) in [6.45, 7) is 5.22. The fraction of sp³-hybridized carbons (Fsp3) is 0.286. The molecule has 12 heteroatoms. The van der Waals surface area contributed by atoms with Crippen molar-refractivity contribution >= 4 is 57.2 Å². The van der Waals surface area contributed by atoms with Crippen LogP contribution in [0.2, 0.25) is 0 Å². The second-order valence-corrected chi connectivity index (χ2v) is 12.7. The summed E-state index contributed by atoms with van der Waals surface area (Å²) in [7, 11) is 1.62. The number of aromatic nitrogens is 1. The van der Waals surface area contributed by atoms with Gasteiger partial charge in [0.25, 0.3) is 5.91 Å². The van der Waals surface area contributed by atoms with Gasteiger partial charge in [0.15, 0.2) is 11.5 Å². The molecule has 244 valence electrons. The molecular formula is C35H35N3O7S2. The number of H-pyrrole nitrogens is 1. The first kappa shape index (κ1) is 32.6. The number of morpholine rings is 1. The molecule has 2 aliphatic heterocycles. The lowest BCUT2D eigenvalue weighted by molar-refractivity contribution is -0.122. The number of ether oxygens (including phenoxy) is 4. The standard InChI is InChI=1S/C35H35N3O7S2/c1-42-30-20-23(21-31-33(39)38(35(46)47-31)11-2-15-44-27-6-3-24(4-7-27)34(40)41)19-28(25-5-8-29-26(22-25)9-10-36-29)32(30)45-18-14-37-12-16-43-17-13-37/h3-10,19-22,36H,2,11-18H2,1H3,(H,40,41)/b31-21-. The molecule has 2 aliphatic rings. The molecule has 10 nitrogen and oxygen atoms in total. The Morgan fingerprint density at radius 3 is 2.62 bits per heavy atom. The number of hydrogen-bond acceptors (Lipinski definition) is 9. The predicted octanol–water partition coefficient (Wildman–Crippen LogP) is 5.92. The normalized spacial score (nSPS) is 16.3. The van der Waals surface area contributed by atoms with Crippen molar-refractivity contribution < 1.29 is 33.6 Å². The molecule has 1 amide bonds. The van der Waals surface area contributed by atoms with E-state index in [9.17, 15) is 9.59 Å². The molecule has 1 aromatic heterocycles. The summed E-state index contributed by atoms with van der Waals surface area (Å²) in [5.74, 6) is 0.641. The number of thiocarbonyl (C=S) groups is 1. The van der Waals surface area contributed by atoms with Crippen LogP contribution in [-0.4, -0.2) is 95.8 Å². The van der Waals surface area contributed by atoms with E-state index in [0.717, 1.165) is 60.4 Å². The molecule has 0 saturated carbocycles. The minimum absolute atomic E-state index is 0.161. The summed E-state index contributed by atoms with van der Waals surface area (Å²) in [6.07, 6.45) is 4.31. The molecule has 4 aromatic rings. The maximum absolute atomic E-state index is 13.5. The van der Waals surface area contributed by atoms with Gasteiger partial charge in [0.05, 0.1) is 37.4 Å². The lowest BCUT2D eigenvalue weighted by Gasteiger charge is -2.26. The maximum Gasteiger partial charge on any atom is 0.335 e. The Kier molecular flexibility index (Phi) is 10.4. The Morgan fingerprint density at radius 1 is 1.04 bits per heavy atom. The smallest absolute Gasteiger partial charge is 0.335 e. The van der Waals surface area contributed by atoms with Crippen LogP contribution in [0.1, 0.15) is 22.3 Å². The second kappa shape index (κ2) is 15.0. The number of fused-ring (bicyclic) bond motifs is 1. The summed E-state index contributed by atoms with van der Waals surface area (Å²) in [4.78, 5) is 32.2. The van der Waals surface area contributed by atoms with Gasteiger partial charge in [-0.15, -0.1) is 0 Å². The number of aromatic carboxylic acids is 1. The van der Waals surface area contributed by atoms with Crippen molar-refractivity contribution in [1.82, 2.24) is 14.8 Å². The van der Waals surface area contributed by atoms with Crippen LogP contribution in [0.5, 0.6) is 17.2 Å². The number of thioether (sulfide) groups is 1. The fourth-order valence-corrected chi connectivity index (χ4v) is 6.80. The van der Waals surface area contributed by atoms with Gasteiger partial charge in [0.2, 0.25) is 0 Å². The average Bonchev–Trinajstić information content (AvgIpc) is 3.66. The first-order valence-electron chi connectivity index (χ1n) is 15.3. The third-order valence-electron chi connectivity index (χ3n) is 7.99. The summed E-state index contributed by atoms with van der Waals surface area (Å²) < 4.78 is 24.0. The number of carbonyl (C=O) groups is 2. The Morgan fingerprint density at radius 2 is 1.85 bits per heavy atom. The van der Waals surface area contributed by atoms with Crippen molar-refractivity contribution in [3.63, 3.8) is 0 Å². The van der Waals surface area contributed by atoms with Crippen molar-refractivity contribution in [3.05, 3.63) is 82.9 Å². The lowest BCUT2D eigenvalue weighted by atomic mass is 9.99. The van der Waals surface area contributed by atoms with E-state index in [0.29, 0.717) is 52.7 Å². The van der Waals surface area contributed by atoms with Gasteiger partial charge >= 0.3 is 5.97 Å².